The van der Waals surface area contributed by atoms with Gasteiger partial charge in [0.05, 0.1) is 0 Å². The molecule has 11 aromatic heterocycles. The molecule has 21 nitrogen and oxygen atoms in total. The van der Waals surface area contributed by atoms with Crippen molar-refractivity contribution in [1.82, 2.24) is 105 Å². The fraction of sp³-hybridized carbons (Fsp3) is 0.0341. The van der Waals surface area contributed by atoms with Gasteiger partial charge in [0, 0.05) is 106 Å². The molecule has 0 atom stereocenters. The van der Waals surface area contributed by atoms with Gasteiger partial charge in [-0.15, -0.1) is 0 Å². The van der Waals surface area contributed by atoms with E-state index in [1.807, 2.05) is 166 Å². The van der Waals surface area contributed by atoms with E-state index >= 15 is 0 Å². The maximum absolute atomic E-state index is 4.79. The standard InChI is InChI=1S/2C23H15N3.3C14H11N5/c1-3-11-18-16(7-1)9-5-13-20(18)22-24-15-25-23(26-22)21-14-6-10-17-8-2-4-12-19(17)21;1-3-7-18-13-20(11-9-16(18)5-1)22-24-15-25-23(26-22)21-12-10-17-6-2-4-8-19(17)14-21;1-10-17-13(11-2-6-15-7-3-11)19-14(18-10)12-4-8-16-9-5-12;1-10-17-13(11-4-2-6-15-8-11)19-14(18-10)12-5-3-7-16-9-12;1-10-17-13(11-6-2-4-8-15-11)19-14(18-10)12-7-3-5-9-16-12/h2*1-15H;3*2-9H,1H3. The van der Waals surface area contributed by atoms with Crippen molar-refractivity contribution < 1.29 is 0 Å². The Morgan fingerprint density at radius 2 is 0.541 bits per heavy atom. The average molecular weight is 1410 g/mol. The molecule has 0 bridgehead atoms. The van der Waals surface area contributed by atoms with Crippen LogP contribution in [0.3, 0.4) is 0 Å². The van der Waals surface area contributed by atoms with Crippen LogP contribution in [0, 0.1) is 20.8 Å². The number of aromatic nitrogens is 21. The van der Waals surface area contributed by atoms with E-state index in [4.69, 9.17) is 9.97 Å². The van der Waals surface area contributed by atoms with Gasteiger partial charge >= 0.3 is 0 Å². The van der Waals surface area contributed by atoms with Crippen molar-refractivity contribution in [3.63, 3.8) is 0 Å². The minimum atomic E-state index is 0.564. The summed E-state index contributed by atoms with van der Waals surface area (Å²) in [7, 11) is 0. The highest BCUT2D eigenvalue weighted by atomic mass is 15.1. The van der Waals surface area contributed by atoms with Gasteiger partial charge < -0.3 is 0 Å². The van der Waals surface area contributed by atoms with Gasteiger partial charge in [-0.3, -0.25) is 29.9 Å². The summed E-state index contributed by atoms with van der Waals surface area (Å²) in [4.78, 5) is 91.3. The molecule has 0 spiro atoms. The lowest BCUT2D eigenvalue weighted by Gasteiger charge is -2.08. The summed E-state index contributed by atoms with van der Waals surface area (Å²) >= 11 is 0. The molecule has 0 aliphatic heterocycles. The summed E-state index contributed by atoms with van der Waals surface area (Å²) in [5, 5.41) is 9.42. The first-order valence-electron chi connectivity index (χ1n) is 34.7. The Hall–Kier alpha value is -15.3. The normalized spacial score (nSPS) is 10.7. The first kappa shape index (κ1) is 69.5. The number of pyridine rings is 6. The molecule has 0 saturated heterocycles. The highest BCUT2D eigenvalue weighted by Gasteiger charge is 2.15. The van der Waals surface area contributed by atoms with Crippen LogP contribution in [0.1, 0.15) is 17.5 Å². The molecular formula is C88H63N21. The van der Waals surface area contributed by atoms with Crippen LogP contribution in [0.5, 0.6) is 0 Å². The van der Waals surface area contributed by atoms with Gasteiger partial charge in [-0.05, 0) is 149 Å². The lowest BCUT2D eigenvalue weighted by atomic mass is 10.0. The number of hydrogen-bond acceptors (Lipinski definition) is 21. The third-order valence-electron chi connectivity index (χ3n) is 17.0. The van der Waals surface area contributed by atoms with Gasteiger partial charge in [0.2, 0.25) is 0 Å². The number of benzene rings is 8. The Kier molecular flexibility index (Phi) is 21.3. The first-order valence-corrected chi connectivity index (χ1v) is 34.7. The molecular weight excluding hydrogens is 1350 g/mol. The number of rotatable bonds is 10. The summed E-state index contributed by atoms with van der Waals surface area (Å²) in [5.74, 6) is 8.46. The van der Waals surface area contributed by atoms with Crippen molar-refractivity contribution in [2.75, 3.05) is 0 Å². The van der Waals surface area contributed by atoms with Crippen molar-refractivity contribution in [2.24, 2.45) is 0 Å². The third kappa shape index (κ3) is 17.2. The lowest BCUT2D eigenvalue weighted by Crippen LogP contribution is -2.01. The van der Waals surface area contributed by atoms with Crippen LogP contribution in [0.2, 0.25) is 0 Å². The van der Waals surface area contributed by atoms with E-state index < -0.39 is 0 Å². The molecule has 8 aromatic carbocycles. The molecule has 0 aliphatic carbocycles. The Morgan fingerprint density at radius 3 is 0.954 bits per heavy atom. The van der Waals surface area contributed by atoms with E-state index in [2.05, 4.69) is 204 Å². The molecule has 21 heteroatoms. The van der Waals surface area contributed by atoms with Crippen molar-refractivity contribution in [3.05, 3.63) is 347 Å². The van der Waals surface area contributed by atoms with Crippen molar-refractivity contribution in [2.45, 2.75) is 20.8 Å². The molecule has 0 N–H and O–H groups in total. The van der Waals surface area contributed by atoms with Crippen molar-refractivity contribution >= 4 is 43.1 Å². The quantitative estimate of drug-likeness (QED) is 0.123. The predicted molar refractivity (Wildman–Crippen MR) is 425 cm³/mol. The molecule has 0 aliphatic rings. The van der Waals surface area contributed by atoms with Crippen LogP contribution >= 0.6 is 0 Å². The summed E-state index contributed by atoms with van der Waals surface area (Å²) in [5.41, 5.74) is 9.08. The number of hydrogen-bond donors (Lipinski definition) is 0. The van der Waals surface area contributed by atoms with E-state index in [1.54, 1.807) is 74.6 Å². The second-order valence-electron chi connectivity index (χ2n) is 24.4. The molecule has 0 amide bonds. The minimum absolute atomic E-state index is 0.564. The molecule has 520 valence electrons. The minimum Gasteiger partial charge on any atom is -0.265 e. The van der Waals surface area contributed by atoms with E-state index in [9.17, 15) is 0 Å². The highest BCUT2D eigenvalue weighted by molar-refractivity contribution is 5.97. The summed E-state index contributed by atoms with van der Waals surface area (Å²) in [6.07, 6.45) is 20.4. The lowest BCUT2D eigenvalue weighted by molar-refractivity contribution is 0.975. The molecule has 0 fully saturated rings. The molecule has 19 aromatic rings. The van der Waals surface area contributed by atoms with Crippen LogP contribution in [-0.4, -0.2) is 105 Å². The van der Waals surface area contributed by atoms with Gasteiger partial charge in [0.1, 0.15) is 41.5 Å². The molecule has 109 heavy (non-hydrogen) atoms. The van der Waals surface area contributed by atoms with E-state index in [0.29, 0.717) is 75.7 Å². The third-order valence-corrected chi connectivity index (χ3v) is 17.0. The van der Waals surface area contributed by atoms with Crippen molar-refractivity contribution in [1.29, 1.82) is 0 Å². The molecule has 0 radical (unpaired) electrons. The average Bonchev–Trinajstić information content (AvgIpc) is 0.780. The van der Waals surface area contributed by atoms with Crippen molar-refractivity contribution in [3.8, 4) is 114 Å². The summed E-state index contributed by atoms with van der Waals surface area (Å²) in [6.45, 7) is 5.54. The van der Waals surface area contributed by atoms with E-state index in [-0.39, 0.29) is 0 Å². The Morgan fingerprint density at radius 1 is 0.193 bits per heavy atom. The SMILES string of the molecule is Cc1nc(-c2ccccn2)nc(-c2ccccn2)n1.Cc1nc(-c2cccnc2)nc(-c2cccnc2)n1.Cc1nc(-c2ccncc2)nc(-c2ccncc2)n1.c1ccc2c(-c3ncnc(-c4cccc5ccccc45)n3)cccc2c1.c1ccc2cc(-c3ncnc(-c4ccc5ccccc5c4)n3)ccc2c1. The summed E-state index contributed by atoms with van der Waals surface area (Å²) < 4.78 is 0. The number of nitrogens with zero attached hydrogens (tertiary/aromatic N) is 21. The van der Waals surface area contributed by atoms with E-state index in [0.717, 1.165) is 66.7 Å². The van der Waals surface area contributed by atoms with Crippen LogP contribution in [0.4, 0.5) is 0 Å². The smallest absolute Gasteiger partial charge is 0.182 e. The highest BCUT2D eigenvalue weighted by Crippen LogP contribution is 2.32. The van der Waals surface area contributed by atoms with Crippen LogP contribution in [0.15, 0.2) is 329 Å². The fourth-order valence-corrected chi connectivity index (χ4v) is 11.8. The van der Waals surface area contributed by atoms with Gasteiger partial charge in [-0.1, -0.05) is 170 Å². The number of aryl methyl sites for hydroxylation is 3. The van der Waals surface area contributed by atoms with Crippen LogP contribution in [-0.2, 0) is 0 Å². The fourth-order valence-electron chi connectivity index (χ4n) is 11.8. The molecule has 0 unspecified atom stereocenters. The maximum atomic E-state index is 4.79. The largest absolute Gasteiger partial charge is 0.265 e. The van der Waals surface area contributed by atoms with E-state index in [1.165, 1.54) is 32.3 Å². The second kappa shape index (κ2) is 33.5. The molecule has 19 rings (SSSR count). The first-order chi connectivity index (χ1) is 53.7. The van der Waals surface area contributed by atoms with Crippen LogP contribution in [0.25, 0.3) is 157 Å². The number of fused-ring (bicyclic) bond motifs is 4. The predicted octanol–water partition coefficient (Wildman–Crippen LogP) is 17.9. The Balaban J connectivity index is 0.000000109. The Bertz CT molecular complexity index is 5630. The zero-order chi connectivity index (χ0) is 73.9. The van der Waals surface area contributed by atoms with Gasteiger partial charge in [-0.25, -0.2) is 74.8 Å². The van der Waals surface area contributed by atoms with Gasteiger partial charge in [0.25, 0.3) is 0 Å². The van der Waals surface area contributed by atoms with Crippen LogP contribution < -0.4 is 0 Å². The zero-order valence-corrected chi connectivity index (χ0v) is 59.1. The topological polar surface area (TPSA) is 271 Å². The zero-order valence-electron chi connectivity index (χ0n) is 59.1. The second-order valence-corrected chi connectivity index (χ2v) is 24.4. The maximum Gasteiger partial charge on any atom is 0.182 e. The van der Waals surface area contributed by atoms with Gasteiger partial charge in [-0.2, -0.15) is 0 Å². The Labute approximate surface area is 626 Å². The molecule has 0 saturated carbocycles. The monoisotopic (exact) mass is 1410 g/mol. The molecule has 11 heterocycles. The van der Waals surface area contributed by atoms with Gasteiger partial charge in [0.15, 0.2) is 58.2 Å². The summed E-state index contributed by atoms with van der Waals surface area (Å²) in [6, 6.07) is 84.5.